The van der Waals surface area contributed by atoms with Crippen molar-refractivity contribution in [3.8, 4) is 0 Å². The van der Waals surface area contributed by atoms with Crippen LogP contribution in [0.25, 0.3) is 0 Å². The molecule has 1 fully saturated rings. The lowest BCUT2D eigenvalue weighted by Gasteiger charge is -2.09. The topological polar surface area (TPSA) is 52.0 Å². The van der Waals surface area contributed by atoms with Crippen LogP contribution in [0.2, 0.25) is 0 Å². The van der Waals surface area contributed by atoms with Crippen molar-refractivity contribution in [2.24, 2.45) is 11.8 Å². The van der Waals surface area contributed by atoms with Crippen molar-refractivity contribution in [3.63, 3.8) is 0 Å². The molecule has 102 valence electrons. The second kappa shape index (κ2) is 6.85. The van der Waals surface area contributed by atoms with Gasteiger partial charge in [-0.1, -0.05) is 13.8 Å². The number of hydrogen-bond acceptors (Lipinski definition) is 4. The van der Waals surface area contributed by atoms with Crippen LogP contribution in [0.5, 0.6) is 0 Å². The second-order valence-corrected chi connectivity index (χ2v) is 5.45. The molecule has 1 aliphatic carbocycles. The quantitative estimate of drug-likeness (QED) is 0.676. The summed E-state index contributed by atoms with van der Waals surface area (Å²) in [5.41, 5.74) is 0. The van der Waals surface area contributed by atoms with Crippen molar-refractivity contribution in [2.45, 2.75) is 39.8 Å². The minimum absolute atomic E-state index is 0.590. The van der Waals surface area contributed by atoms with E-state index in [4.69, 9.17) is 4.74 Å². The fraction of sp³-hybridized carbons (Fsp3) is 0.846. The third-order valence-corrected chi connectivity index (χ3v) is 2.99. The molecule has 5 nitrogen and oxygen atoms in total. The molecule has 0 radical (unpaired) electrons. The molecular formula is C13H24N4O. The number of hydrogen-bond donors (Lipinski definition) is 1. The Balaban J connectivity index is 1.58. The number of rotatable bonds is 9. The maximum absolute atomic E-state index is 5.57. The Morgan fingerprint density at radius 3 is 3.06 bits per heavy atom. The van der Waals surface area contributed by atoms with Gasteiger partial charge in [-0.15, -0.1) is 0 Å². The van der Waals surface area contributed by atoms with Gasteiger partial charge in [0.25, 0.3) is 0 Å². The van der Waals surface area contributed by atoms with Crippen molar-refractivity contribution >= 4 is 0 Å². The fourth-order valence-electron chi connectivity index (χ4n) is 1.80. The molecule has 1 saturated carbocycles. The molecule has 1 aromatic rings. The average molecular weight is 252 g/mol. The van der Waals surface area contributed by atoms with E-state index in [0.717, 1.165) is 44.6 Å². The van der Waals surface area contributed by atoms with Crippen LogP contribution in [0.3, 0.4) is 0 Å². The molecule has 5 heteroatoms. The molecule has 0 unspecified atom stereocenters. The summed E-state index contributed by atoms with van der Waals surface area (Å²) in [5, 5.41) is 7.58. The van der Waals surface area contributed by atoms with Gasteiger partial charge in [0.15, 0.2) is 0 Å². The van der Waals surface area contributed by atoms with Crippen molar-refractivity contribution in [1.82, 2.24) is 20.1 Å². The third kappa shape index (κ3) is 4.74. The fourth-order valence-corrected chi connectivity index (χ4v) is 1.80. The predicted molar refractivity (Wildman–Crippen MR) is 70.1 cm³/mol. The SMILES string of the molecule is CC(C)Cn1ncnc1CNCCOCC1CC1. The molecule has 0 amide bonds. The summed E-state index contributed by atoms with van der Waals surface area (Å²) in [6, 6.07) is 0. The van der Waals surface area contributed by atoms with E-state index in [1.807, 2.05) is 4.68 Å². The van der Waals surface area contributed by atoms with Crippen LogP contribution in [0, 0.1) is 11.8 Å². The number of nitrogens with one attached hydrogen (secondary N) is 1. The molecule has 0 atom stereocenters. The van der Waals surface area contributed by atoms with Crippen LogP contribution in [0.4, 0.5) is 0 Å². The molecule has 1 N–H and O–H groups in total. The maximum atomic E-state index is 5.57. The minimum atomic E-state index is 0.590. The number of aromatic nitrogens is 3. The highest BCUT2D eigenvalue weighted by Crippen LogP contribution is 2.28. The Hall–Kier alpha value is -0.940. The largest absolute Gasteiger partial charge is 0.380 e. The normalized spacial score (nSPS) is 15.5. The molecular weight excluding hydrogens is 228 g/mol. The summed E-state index contributed by atoms with van der Waals surface area (Å²) in [6.07, 6.45) is 4.33. The zero-order valence-electron chi connectivity index (χ0n) is 11.4. The zero-order valence-corrected chi connectivity index (χ0v) is 11.4. The molecule has 0 spiro atoms. The highest BCUT2D eigenvalue weighted by atomic mass is 16.5. The van der Waals surface area contributed by atoms with E-state index in [2.05, 4.69) is 29.2 Å². The van der Waals surface area contributed by atoms with Gasteiger partial charge in [-0.2, -0.15) is 5.10 Å². The summed E-state index contributed by atoms with van der Waals surface area (Å²) in [4.78, 5) is 4.27. The van der Waals surface area contributed by atoms with Gasteiger partial charge in [-0.3, -0.25) is 0 Å². The van der Waals surface area contributed by atoms with E-state index in [0.29, 0.717) is 5.92 Å². The van der Waals surface area contributed by atoms with Crippen LogP contribution in [-0.2, 0) is 17.8 Å². The Labute approximate surface area is 109 Å². The molecule has 1 heterocycles. The molecule has 0 bridgehead atoms. The molecule has 2 rings (SSSR count). The van der Waals surface area contributed by atoms with Gasteiger partial charge in [-0.05, 0) is 24.7 Å². The van der Waals surface area contributed by atoms with Gasteiger partial charge in [0.05, 0.1) is 13.2 Å². The number of nitrogens with zero attached hydrogens (tertiary/aromatic N) is 3. The Morgan fingerprint density at radius 2 is 2.33 bits per heavy atom. The molecule has 18 heavy (non-hydrogen) atoms. The first-order valence-corrected chi connectivity index (χ1v) is 6.91. The van der Waals surface area contributed by atoms with Gasteiger partial charge in [-0.25, -0.2) is 9.67 Å². The van der Waals surface area contributed by atoms with Gasteiger partial charge in [0.2, 0.25) is 0 Å². The molecule has 0 saturated heterocycles. The lowest BCUT2D eigenvalue weighted by molar-refractivity contribution is 0.126. The Morgan fingerprint density at radius 1 is 1.50 bits per heavy atom. The highest BCUT2D eigenvalue weighted by molar-refractivity contribution is 4.84. The van der Waals surface area contributed by atoms with Crippen molar-refractivity contribution in [2.75, 3.05) is 19.8 Å². The van der Waals surface area contributed by atoms with E-state index >= 15 is 0 Å². The van der Waals surface area contributed by atoms with E-state index in [1.54, 1.807) is 6.33 Å². The molecule has 0 aliphatic heterocycles. The lowest BCUT2D eigenvalue weighted by atomic mass is 10.2. The predicted octanol–water partition coefficient (Wildman–Crippen LogP) is 1.45. The first-order valence-electron chi connectivity index (χ1n) is 6.91. The summed E-state index contributed by atoms with van der Waals surface area (Å²) in [5.74, 6) is 2.44. The van der Waals surface area contributed by atoms with Crippen LogP contribution in [0.15, 0.2) is 6.33 Å². The van der Waals surface area contributed by atoms with Crippen LogP contribution in [-0.4, -0.2) is 34.5 Å². The van der Waals surface area contributed by atoms with Crippen LogP contribution in [0.1, 0.15) is 32.5 Å². The second-order valence-electron chi connectivity index (χ2n) is 5.45. The summed E-state index contributed by atoms with van der Waals surface area (Å²) in [7, 11) is 0. The first-order chi connectivity index (χ1) is 8.75. The van der Waals surface area contributed by atoms with E-state index in [1.165, 1.54) is 12.8 Å². The molecule has 0 aromatic carbocycles. The summed E-state index contributed by atoms with van der Waals surface area (Å²) in [6.45, 7) is 8.66. The Kier molecular flexibility index (Phi) is 5.13. The summed E-state index contributed by atoms with van der Waals surface area (Å²) < 4.78 is 7.54. The minimum Gasteiger partial charge on any atom is -0.380 e. The smallest absolute Gasteiger partial charge is 0.140 e. The van der Waals surface area contributed by atoms with Crippen molar-refractivity contribution in [3.05, 3.63) is 12.2 Å². The average Bonchev–Trinajstić information content (AvgIpc) is 3.05. The first kappa shape index (κ1) is 13.5. The van der Waals surface area contributed by atoms with Gasteiger partial charge >= 0.3 is 0 Å². The highest BCUT2D eigenvalue weighted by Gasteiger charge is 2.20. The summed E-state index contributed by atoms with van der Waals surface area (Å²) >= 11 is 0. The van der Waals surface area contributed by atoms with Crippen molar-refractivity contribution < 1.29 is 4.74 Å². The molecule has 1 aliphatic rings. The third-order valence-electron chi connectivity index (χ3n) is 2.99. The lowest BCUT2D eigenvalue weighted by Crippen LogP contribution is -2.23. The van der Waals surface area contributed by atoms with E-state index in [9.17, 15) is 0 Å². The van der Waals surface area contributed by atoms with Gasteiger partial charge < -0.3 is 10.1 Å². The maximum Gasteiger partial charge on any atom is 0.140 e. The standard InChI is InChI=1S/C13H24N4O/c1-11(2)8-17-13(15-10-16-17)7-14-5-6-18-9-12-3-4-12/h10-12,14H,3-9H2,1-2H3. The van der Waals surface area contributed by atoms with Crippen LogP contribution >= 0.6 is 0 Å². The van der Waals surface area contributed by atoms with Gasteiger partial charge in [0, 0.05) is 19.7 Å². The van der Waals surface area contributed by atoms with Gasteiger partial charge in [0.1, 0.15) is 12.2 Å². The zero-order chi connectivity index (χ0) is 12.8. The monoisotopic (exact) mass is 252 g/mol. The van der Waals surface area contributed by atoms with E-state index in [-0.39, 0.29) is 0 Å². The Bertz CT molecular complexity index is 347. The van der Waals surface area contributed by atoms with E-state index < -0.39 is 0 Å². The number of ether oxygens (including phenoxy) is 1. The van der Waals surface area contributed by atoms with Crippen molar-refractivity contribution in [1.29, 1.82) is 0 Å². The molecule has 1 aromatic heterocycles. The van der Waals surface area contributed by atoms with Crippen LogP contribution < -0.4 is 5.32 Å².